The number of aliphatic carboxylic acids is 1. The van der Waals surface area contributed by atoms with Gasteiger partial charge in [-0.2, -0.15) is 0 Å². The Balaban J connectivity index is 1.51. The van der Waals surface area contributed by atoms with E-state index < -0.39 is 5.97 Å². The Kier molecular flexibility index (Phi) is 3.52. The van der Waals surface area contributed by atoms with E-state index in [1.54, 1.807) is 0 Å². The maximum Gasteiger partial charge on any atom is 0.303 e. The number of benzene rings is 1. The molecule has 0 bridgehead atoms. The zero-order valence-corrected chi connectivity index (χ0v) is 11.9. The number of rotatable bonds is 5. The second-order valence-electron chi connectivity index (χ2n) is 6.62. The molecule has 0 aliphatic carbocycles. The molecular weight excluding hydrogens is 252 g/mol. The van der Waals surface area contributed by atoms with E-state index in [4.69, 9.17) is 5.11 Å². The van der Waals surface area contributed by atoms with Crippen LogP contribution in [0.4, 0.5) is 0 Å². The Hall–Kier alpha value is -1.39. The highest BCUT2D eigenvalue weighted by Gasteiger charge is 2.40. The van der Waals surface area contributed by atoms with Gasteiger partial charge in [0.2, 0.25) is 0 Å². The van der Waals surface area contributed by atoms with Gasteiger partial charge < -0.3 is 10.4 Å². The van der Waals surface area contributed by atoms with Crippen molar-refractivity contribution in [2.75, 3.05) is 26.2 Å². The van der Waals surface area contributed by atoms with Crippen LogP contribution >= 0.6 is 0 Å². The third-order valence-corrected chi connectivity index (χ3v) is 4.43. The summed E-state index contributed by atoms with van der Waals surface area (Å²) in [5, 5.41) is 12.2. The van der Waals surface area contributed by atoms with Crippen LogP contribution in [-0.4, -0.2) is 42.2 Å². The van der Waals surface area contributed by atoms with Gasteiger partial charge in [0.15, 0.2) is 0 Å². The minimum atomic E-state index is -0.689. The summed E-state index contributed by atoms with van der Waals surface area (Å²) < 4.78 is 0. The highest BCUT2D eigenvalue weighted by atomic mass is 16.4. The Labute approximate surface area is 119 Å². The van der Waals surface area contributed by atoms with Gasteiger partial charge in [0.25, 0.3) is 0 Å². The summed E-state index contributed by atoms with van der Waals surface area (Å²) in [6, 6.07) is 8.88. The fourth-order valence-corrected chi connectivity index (χ4v) is 3.30. The smallest absolute Gasteiger partial charge is 0.303 e. The third-order valence-electron chi connectivity index (χ3n) is 4.43. The van der Waals surface area contributed by atoms with Crippen molar-refractivity contribution in [3.8, 4) is 0 Å². The Morgan fingerprint density at radius 1 is 1.35 bits per heavy atom. The number of nitrogens with zero attached hydrogens (tertiary/aromatic N) is 1. The van der Waals surface area contributed by atoms with Crippen LogP contribution in [0.3, 0.4) is 0 Å². The number of carbonyl (C=O) groups is 1. The molecule has 2 heterocycles. The minimum Gasteiger partial charge on any atom is -0.481 e. The molecule has 0 aromatic heterocycles. The summed E-state index contributed by atoms with van der Waals surface area (Å²) >= 11 is 0. The number of carboxylic acid groups (broad SMARTS) is 1. The lowest BCUT2D eigenvalue weighted by Crippen LogP contribution is -2.54. The lowest BCUT2D eigenvalue weighted by atomic mass is 9.78. The molecule has 0 radical (unpaired) electrons. The SMILES string of the molecule is CC1(CC(=O)O)CN(Cc2ccc(C3CNC3)cc2)C1. The molecule has 20 heavy (non-hydrogen) atoms. The molecule has 4 heteroatoms. The number of carboxylic acids is 1. The first kappa shape index (κ1) is 13.6. The molecule has 0 atom stereocenters. The summed E-state index contributed by atoms with van der Waals surface area (Å²) in [4.78, 5) is 13.1. The molecule has 2 aliphatic rings. The van der Waals surface area contributed by atoms with Gasteiger partial charge in [-0.05, 0) is 11.1 Å². The molecule has 4 nitrogen and oxygen atoms in total. The van der Waals surface area contributed by atoms with Crippen LogP contribution in [0.1, 0.15) is 30.4 Å². The first-order chi connectivity index (χ1) is 9.54. The molecule has 1 aromatic carbocycles. The van der Waals surface area contributed by atoms with Crippen molar-refractivity contribution < 1.29 is 9.90 Å². The van der Waals surface area contributed by atoms with Crippen LogP contribution in [0, 0.1) is 5.41 Å². The van der Waals surface area contributed by atoms with Gasteiger partial charge in [-0.3, -0.25) is 9.69 Å². The quantitative estimate of drug-likeness (QED) is 0.857. The second-order valence-corrected chi connectivity index (χ2v) is 6.62. The van der Waals surface area contributed by atoms with Crippen molar-refractivity contribution in [2.45, 2.75) is 25.8 Å². The molecule has 2 saturated heterocycles. The van der Waals surface area contributed by atoms with E-state index >= 15 is 0 Å². The predicted molar refractivity (Wildman–Crippen MR) is 77.7 cm³/mol. The molecule has 0 amide bonds. The minimum absolute atomic E-state index is 0.0383. The summed E-state index contributed by atoms with van der Waals surface area (Å²) in [6.07, 6.45) is 0.275. The van der Waals surface area contributed by atoms with E-state index in [0.29, 0.717) is 5.92 Å². The highest BCUT2D eigenvalue weighted by Crippen LogP contribution is 2.34. The predicted octanol–water partition coefficient (Wildman–Crippen LogP) is 1.67. The van der Waals surface area contributed by atoms with Gasteiger partial charge in [0.05, 0.1) is 6.42 Å². The number of likely N-dealkylation sites (tertiary alicyclic amines) is 1. The third kappa shape index (κ3) is 2.86. The van der Waals surface area contributed by atoms with Gasteiger partial charge in [0, 0.05) is 44.1 Å². The summed E-state index contributed by atoms with van der Waals surface area (Å²) in [5.74, 6) is -0.00229. The standard InChI is InChI=1S/C16H22N2O2/c1-16(6-15(19)20)10-18(11-16)9-12-2-4-13(5-3-12)14-7-17-8-14/h2-5,14,17H,6-11H2,1H3,(H,19,20). The van der Waals surface area contributed by atoms with Gasteiger partial charge in [-0.25, -0.2) is 0 Å². The Morgan fingerprint density at radius 3 is 2.50 bits per heavy atom. The number of hydrogen-bond acceptors (Lipinski definition) is 3. The Morgan fingerprint density at radius 2 is 2.00 bits per heavy atom. The second kappa shape index (κ2) is 5.19. The molecule has 2 fully saturated rings. The Bertz CT molecular complexity index is 488. The zero-order chi connectivity index (χ0) is 14.2. The van der Waals surface area contributed by atoms with Crippen LogP contribution < -0.4 is 5.32 Å². The summed E-state index contributed by atoms with van der Waals surface area (Å²) in [5.41, 5.74) is 2.70. The van der Waals surface area contributed by atoms with E-state index in [9.17, 15) is 4.79 Å². The molecule has 108 valence electrons. The zero-order valence-electron chi connectivity index (χ0n) is 11.9. The van der Waals surface area contributed by atoms with E-state index in [1.165, 1.54) is 11.1 Å². The molecule has 0 spiro atoms. The fraction of sp³-hybridized carbons (Fsp3) is 0.562. The topological polar surface area (TPSA) is 52.6 Å². The van der Waals surface area contributed by atoms with E-state index in [1.807, 2.05) is 0 Å². The molecule has 0 saturated carbocycles. The number of hydrogen-bond donors (Lipinski definition) is 2. The van der Waals surface area contributed by atoms with Gasteiger partial charge in [-0.15, -0.1) is 0 Å². The van der Waals surface area contributed by atoms with Crippen LogP contribution in [0.2, 0.25) is 0 Å². The first-order valence-electron chi connectivity index (χ1n) is 7.28. The van der Waals surface area contributed by atoms with Crippen molar-refractivity contribution in [1.29, 1.82) is 0 Å². The highest BCUT2D eigenvalue weighted by molar-refractivity contribution is 5.68. The summed E-state index contributed by atoms with van der Waals surface area (Å²) in [6.45, 7) is 6.95. The van der Waals surface area contributed by atoms with Crippen LogP contribution in [-0.2, 0) is 11.3 Å². The molecule has 1 aromatic rings. The largest absolute Gasteiger partial charge is 0.481 e. The van der Waals surface area contributed by atoms with Gasteiger partial charge >= 0.3 is 5.97 Å². The van der Waals surface area contributed by atoms with Crippen molar-refractivity contribution in [1.82, 2.24) is 10.2 Å². The number of nitrogens with one attached hydrogen (secondary N) is 1. The van der Waals surface area contributed by atoms with Crippen LogP contribution in [0.25, 0.3) is 0 Å². The normalized spacial score (nSPS) is 22.1. The average Bonchev–Trinajstić information content (AvgIpc) is 2.26. The fourth-order valence-electron chi connectivity index (χ4n) is 3.30. The maximum absolute atomic E-state index is 10.8. The van der Waals surface area contributed by atoms with Crippen molar-refractivity contribution >= 4 is 5.97 Å². The van der Waals surface area contributed by atoms with Crippen molar-refractivity contribution in [2.24, 2.45) is 5.41 Å². The molecule has 2 N–H and O–H groups in total. The van der Waals surface area contributed by atoms with Crippen molar-refractivity contribution in [3.05, 3.63) is 35.4 Å². The van der Waals surface area contributed by atoms with Crippen molar-refractivity contribution in [3.63, 3.8) is 0 Å². The van der Waals surface area contributed by atoms with Gasteiger partial charge in [0.1, 0.15) is 0 Å². The van der Waals surface area contributed by atoms with Crippen LogP contribution in [0.15, 0.2) is 24.3 Å². The lowest BCUT2D eigenvalue weighted by molar-refractivity contribution is -0.143. The molecule has 2 aliphatic heterocycles. The summed E-state index contributed by atoms with van der Waals surface area (Å²) in [7, 11) is 0. The lowest BCUT2D eigenvalue weighted by Gasteiger charge is -2.47. The first-order valence-corrected chi connectivity index (χ1v) is 7.28. The average molecular weight is 274 g/mol. The molecule has 3 rings (SSSR count). The van der Waals surface area contributed by atoms with Gasteiger partial charge in [-0.1, -0.05) is 31.2 Å². The van der Waals surface area contributed by atoms with E-state index in [2.05, 4.69) is 41.4 Å². The molecule has 0 unspecified atom stereocenters. The van der Waals surface area contributed by atoms with E-state index in [-0.39, 0.29) is 11.8 Å². The molecular formula is C16H22N2O2. The van der Waals surface area contributed by atoms with Crippen LogP contribution in [0.5, 0.6) is 0 Å². The monoisotopic (exact) mass is 274 g/mol. The maximum atomic E-state index is 10.8. The van der Waals surface area contributed by atoms with E-state index in [0.717, 1.165) is 32.7 Å².